The van der Waals surface area contributed by atoms with Gasteiger partial charge in [-0.2, -0.15) is 0 Å². The molecule has 9 heteroatoms. The molecule has 4 rings (SSSR count). The highest BCUT2D eigenvalue weighted by Crippen LogP contribution is 2.32. The molecule has 2 aromatic carbocycles. The topological polar surface area (TPSA) is 94.6 Å². The van der Waals surface area contributed by atoms with Gasteiger partial charge in [0.2, 0.25) is 0 Å². The molecular formula is C24H17ClN2O5S. The molecule has 0 atom stereocenters. The zero-order chi connectivity index (χ0) is 23.5. The van der Waals surface area contributed by atoms with Crippen LogP contribution >= 0.6 is 22.9 Å². The van der Waals surface area contributed by atoms with Crippen LogP contribution in [0, 0.1) is 0 Å². The number of hydrogen-bond donors (Lipinski definition) is 1. The van der Waals surface area contributed by atoms with Crippen molar-refractivity contribution in [3.8, 4) is 10.6 Å². The highest BCUT2D eigenvalue weighted by atomic mass is 35.5. The molecule has 0 radical (unpaired) electrons. The van der Waals surface area contributed by atoms with Crippen LogP contribution in [0.25, 0.3) is 21.5 Å². The highest BCUT2D eigenvalue weighted by molar-refractivity contribution is 7.19. The van der Waals surface area contributed by atoms with Crippen molar-refractivity contribution < 1.29 is 23.9 Å². The van der Waals surface area contributed by atoms with Gasteiger partial charge < -0.3 is 14.8 Å². The quantitative estimate of drug-likeness (QED) is 0.382. The van der Waals surface area contributed by atoms with E-state index >= 15 is 0 Å². The average Bonchev–Trinajstić information content (AvgIpc) is 3.28. The number of aromatic nitrogens is 1. The van der Waals surface area contributed by atoms with Crippen LogP contribution in [0.2, 0.25) is 4.34 Å². The Bertz CT molecular complexity index is 1400. The predicted molar refractivity (Wildman–Crippen MR) is 127 cm³/mol. The van der Waals surface area contributed by atoms with Crippen LogP contribution in [-0.2, 0) is 9.47 Å². The third kappa shape index (κ3) is 4.57. The SMILES string of the molecule is COC(=O)c1ccc(C(=O)OC)c(NC(=O)c2cc(-c3ccc(Cl)s3)nc3ccccc23)c1. The smallest absolute Gasteiger partial charge is 0.339 e. The number of carbonyl (C=O) groups is 3. The lowest BCUT2D eigenvalue weighted by molar-refractivity contribution is 0.0587. The molecule has 1 amide bonds. The fraction of sp³-hybridized carbons (Fsp3) is 0.0833. The van der Waals surface area contributed by atoms with Crippen molar-refractivity contribution in [1.29, 1.82) is 0 Å². The summed E-state index contributed by atoms with van der Waals surface area (Å²) in [5.41, 5.74) is 1.96. The van der Waals surface area contributed by atoms with Gasteiger partial charge in [-0.1, -0.05) is 29.8 Å². The summed E-state index contributed by atoms with van der Waals surface area (Å²) in [5, 5.41) is 3.37. The summed E-state index contributed by atoms with van der Waals surface area (Å²) < 4.78 is 10.2. The van der Waals surface area contributed by atoms with Crippen molar-refractivity contribution in [3.05, 3.63) is 81.7 Å². The van der Waals surface area contributed by atoms with Crippen LogP contribution in [0.5, 0.6) is 0 Å². The molecule has 1 N–H and O–H groups in total. The van der Waals surface area contributed by atoms with E-state index in [2.05, 4.69) is 10.3 Å². The summed E-state index contributed by atoms with van der Waals surface area (Å²) >= 11 is 7.43. The molecule has 2 heterocycles. The highest BCUT2D eigenvalue weighted by Gasteiger charge is 2.20. The van der Waals surface area contributed by atoms with Gasteiger partial charge in [0.25, 0.3) is 5.91 Å². The number of amides is 1. The molecular weight excluding hydrogens is 464 g/mol. The Morgan fingerprint density at radius 2 is 1.67 bits per heavy atom. The predicted octanol–water partition coefficient (Wildman–Crippen LogP) is 5.44. The lowest BCUT2D eigenvalue weighted by atomic mass is 10.0. The molecule has 0 aliphatic heterocycles. The van der Waals surface area contributed by atoms with Crippen LogP contribution < -0.4 is 5.32 Å². The number of hydrogen-bond acceptors (Lipinski definition) is 7. The first-order valence-electron chi connectivity index (χ1n) is 9.68. The van der Waals surface area contributed by atoms with E-state index in [-0.39, 0.29) is 16.8 Å². The van der Waals surface area contributed by atoms with Gasteiger partial charge in [-0.15, -0.1) is 11.3 Å². The molecule has 0 aliphatic carbocycles. The number of methoxy groups -OCH3 is 2. The number of halogens is 1. The van der Waals surface area contributed by atoms with Crippen LogP contribution in [-0.4, -0.2) is 37.0 Å². The first kappa shape index (κ1) is 22.4. The number of nitrogens with zero attached hydrogens (tertiary/aromatic N) is 1. The number of pyridine rings is 1. The monoisotopic (exact) mass is 480 g/mol. The molecule has 33 heavy (non-hydrogen) atoms. The minimum Gasteiger partial charge on any atom is -0.465 e. The second kappa shape index (κ2) is 9.40. The summed E-state index contributed by atoms with van der Waals surface area (Å²) in [5.74, 6) is -1.74. The summed E-state index contributed by atoms with van der Waals surface area (Å²) in [6.07, 6.45) is 0. The Hall–Kier alpha value is -3.75. The fourth-order valence-electron chi connectivity index (χ4n) is 3.31. The number of benzene rings is 2. The molecule has 0 bridgehead atoms. The standard InChI is InChI=1S/C24H17ClN2O5S/c1-31-23(29)13-7-8-15(24(30)32-2)18(11-13)27-22(28)16-12-19(20-9-10-21(25)33-20)26-17-6-4-3-5-14(16)17/h3-12H,1-2H3,(H,27,28). The van der Waals surface area contributed by atoms with E-state index in [1.807, 2.05) is 18.2 Å². The molecule has 0 spiro atoms. The Morgan fingerprint density at radius 1 is 0.909 bits per heavy atom. The normalized spacial score (nSPS) is 10.6. The zero-order valence-electron chi connectivity index (χ0n) is 17.5. The van der Waals surface area contributed by atoms with Gasteiger partial charge in [0, 0.05) is 5.39 Å². The number of thiophene rings is 1. The van der Waals surface area contributed by atoms with Gasteiger partial charge in [-0.05, 0) is 42.5 Å². The van der Waals surface area contributed by atoms with Crippen molar-refractivity contribution in [2.45, 2.75) is 0 Å². The first-order valence-corrected chi connectivity index (χ1v) is 10.9. The molecule has 166 valence electrons. The van der Waals surface area contributed by atoms with Crippen molar-refractivity contribution in [2.75, 3.05) is 19.5 Å². The van der Waals surface area contributed by atoms with Crippen molar-refractivity contribution in [2.24, 2.45) is 0 Å². The Balaban J connectivity index is 1.81. The Labute approximate surface area is 197 Å². The number of fused-ring (bicyclic) bond motifs is 1. The average molecular weight is 481 g/mol. The van der Waals surface area contributed by atoms with E-state index in [0.717, 1.165) is 4.88 Å². The minimum atomic E-state index is -0.657. The van der Waals surface area contributed by atoms with Gasteiger partial charge >= 0.3 is 11.9 Å². The summed E-state index contributed by atoms with van der Waals surface area (Å²) in [6, 6.07) is 16.7. The molecule has 0 unspecified atom stereocenters. The number of nitrogens with one attached hydrogen (secondary N) is 1. The van der Waals surface area contributed by atoms with Gasteiger partial charge in [0.05, 0.1) is 57.0 Å². The van der Waals surface area contributed by atoms with Crippen LogP contribution in [0.3, 0.4) is 0 Å². The maximum Gasteiger partial charge on any atom is 0.339 e. The van der Waals surface area contributed by atoms with Crippen molar-refractivity contribution >= 4 is 57.4 Å². The van der Waals surface area contributed by atoms with E-state index in [4.69, 9.17) is 21.1 Å². The lowest BCUT2D eigenvalue weighted by Gasteiger charge is -2.13. The van der Waals surface area contributed by atoms with E-state index in [0.29, 0.717) is 26.5 Å². The summed E-state index contributed by atoms with van der Waals surface area (Å²) in [4.78, 5) is 43.1. The molecule has 0 fully saturated rings. The molecule has 7 nitrogen and oxygen atoms in total. The Morgan fingerprint density at radius 3 is 2.36 bits per heavy atom. The third-order valence-electron chi connectivity index (χ3n) is 4.88. The van der Waals surface area contributed by atoms with Crippen LogP contribution in [0.15, 0.2) is 60.7 Å². The molecule has 0 saturated heterocycles. The van der Waals surface area contributed by atoms with E-state index in [1.165, 1.54) is 43.8 Å². The van der Waals surface area contributed by atoms with Crippen molar-refractivity contribution in [3.63, 3.8) is 0 Å². The van der Waals surface area contributed by atoms with Gasteiger partial charge in [0.15, 0.2) is 0 Å². The fourth-order valence-corrected chi connectivity index (χ4v) is 4.32. The second-order valence-electron chi connectivity index (χ2n) is 6.87. The first-order chi connectivity index (χ1) is 15.9. The Kier molecular flexibility index (Phi) is 6.39. The molecule has 4 aromatic rings. The second-order valence-corrected chi connectivity index (χ2v) is 8.59. The maximum absolute atomic E-state index is 13.4. The summed E-state index contributed by atoms with van der Waals surface area (Å²) in [6.45, 7) is 0. The third-order valence-corrected chi connectivity index (χ3v) is 6.13. The van der Waals surface area contributed by atoms with E-state index in [1.54, 1.807) is 24.3 Å². The van der Waals surface area contributed by atoms with Crippen molar-refractivity contribution in [1.82, 2.24) is 4.98 Å². The lowest BCUT2D eigenvalue weighted by Crippen LogP contribution is -2.17. The largest absolute Gasteiger partial charge is 0.465 e. The number of carbonyl (C=O) groups excluding carboxylic acids is 3. The minimum absolute atomic E-state index is 0.0992. The molecule has 2 aromatic heterocycles. The van der Waals surface area contributed by atoms with Gasteiger partial charge in [-0.3, -0.25) is 4.79 Å². The van der Waals surface area contributed by atoms with E-state index < -0.39 is 17.8 Å². The molecule has 0 aliphatic rings. The van der Waals surface area contributed by atoms with Gasteiger partial charge in [0.1, 0.15) is 0 Å². The number of anilines is 1. The number of esters is 2. The summed E-state index contributed by atoms with van der Waals surface area (Å²) in [7, 11) is 2.48. The van der Waals surface area contributed by atoms with E-state index in [9.17, 15) is 14.4 Å². The zero-order valence-corrected chi connectivity index (χ0v) is 19.1. The van der Waals surface area contributed by atoms with Gasteiger partial charge in [-0.25, -0.2) is 14.6 Å². The number of ether oxygens (including phenoxy) is 2. The van der Waals surface area contributed by atoms with Crippen LogP contribution in [0.4, 0.5) is 5.69 Å². The number of rotatable bonds is 5. The maximum atomic E-state index is 13.4. The number of para-hydroxylation sites is 1. The van der Waals surface area contributed by atoms with Crippen LogP contribution in [0.1, 0.15) is 31.1 Å². The molecule has 0 saturated carbocycles.